The third kappa shape index (κ3) is 2.94. The maximum atomic E-state index is 11.8. The minimum absolute atomic E-state index is 0.236. The summed E-state index contributed by atoms with van der Waals surface area (Å²) in [5, 5.41) is 5.98. The fraction of sp³-hybridized carbons (Fsp3) is 0.421. The Labute approximate surface area is 146 Å². The molecule has 0 unspecified atom stereocenters. The molecule has 5 heteroatoms. The van der Waals surface area contributed by atoms with Crippen LogP contribution in [-0.4, -0.2) is 19.2 Å². The molecule has 0 radical (unpaired) electrons. The van der Waals surface area contributed by atoms with E-state index < -0.39 is 0 Å². The quantitative estimate of drug-likeness (QED) is 0.893. The van der Waals surface area contributed by atoms with Crippen LogP contribution >= 0.6 is 11.3 Å². The smallest absolute Gasteiger partial charge is 0.414 e. The van der Waals surface area contributed by atoms with Crippen molar-refractivity contribution in [1.29, 1.82) is 0 Å². The number of rotatable bonds is 4. The van der Waals surface area contributed by atoms with Gasteiger partial charge in [-0.25, -0.2) is 4.79 Å². The van der Waals surface area contributed by atoms with Gasteiger partial charge in [-0.1, -0.05) is 12.1 Å². The van der Waals surface area contributed by atoms with Crippen molar-refractivity contribution in [3.05, 3.63) is 51.7 Å². The average Bonchev–Trinajstić information content (AvgIpc) is 3.24. The minimum atomic E-state index is -0.247. The number of nitrogens with one attached hydrogen (secondary N) is 1. The molecule has 1 aliphatic carbocycles. The van der Waals surface area contributed by atoms with E-state index in [1.165, 1.54) is 35.3 Å². The van der Waals surface area contributed by atoms with Crippen LogP contribution in [0.5, 0.6) is 0 Å². The van der Waals surface area contributed by atoms with Gasteiger partial charge in [-0.2, -0.15) is 0 Å². The number of carbonyl (C=O) groups is 1. The van der Waals surface area contributed by atoms with Gasteiger partial charge in [0.1, 0.15) is 6.61 Å². The third-order valence-electron chi connectivity index (χ3n) is 4.95. The van der Waals surface area contributed by atoms with E-state index in [0.29, 0.717) is 19.2 Å². The van der Waals surface area contributed by atoms with Crippen LogP contribution < -0.4 is 10.2 Å². The molecule has 4 rings (SSSR count). The van der Waals surface area contributed by atoms with Gasteiger partial charge in [0.05, 0.1) is 6.54 Å². The second kappa shape index (κ2) is 6.57. The first-order chi connectivity index (χ1) is 11.7. The summed E-state index contributed by atoms with van der Waals surface area (Å²) in [6.45, 7) is 3.30. The second-order valence-corrected chi connectivity index (χ2v) is 7.49. The Morgan fingerprint density at radius 1 is 1.38 bits per heavy atom. The van der Waals surface area contributed by atoms with Crippen molar-refractivity contribution in [1.82, 2.24) is 5.32 Å². The summed E-state index contributed by atoms with van der Waals surface area (Å²) in [7, 11) is 0. The van der Waals surface area contributed by atoms with Crippen molar-refractivity contribution in [3.8, 4) is 0 Å². The lowest BCUT2D eigenvalue weighted by Crippen LogP contribution is -2.27. The van der Waals surface area contributed by atoms with Gasteiger partial charge in [0.15, 0.2) is 0 Å². The molecule has 1 aliphatic heterocycles. The number of anilines is 1. The zero-order valence-electron chi connectivity index (χ0n) is 13.8. The minimum Gasteiger partial charge on any atom is -0.447 e. The summed E-state index contributed by atoms with van der Waals surface area (Å²) in [6, 6.07) is 11.1. The monoisotopic (exact) mass is 342 g/mol. The summed E-state index contributed by atoms with van der Waals surface area (Å²) in [5.41, 5.74) is 3.59. The molecule has 2 aromatic rings. The van der Waals surface area contributed by atoms with Crippen molar-refractivity contribution in [2.24, 2.45) is 0 Å². The highest BCUT2D eigenvalue weighted by Gasteiger charge is 2.25. The lowest BCUT2D eigenvalue weighted by atomic mass is 9.93. The lowest BCUT2D eigenvalue weighted by molar-refractivity contribution is 0.181. The Bertz CT molecular complexity index is 742. The normalized spacial score (nSPS) is 21.5. The molecule has 0 saturated carbocycles. The standard InChI is InChI=1S/C19H22N2O2S/c1-13(20-17-6-3-7-18-16(17)8-11-24-18)14-4-2-5-15(12-14)21-9-10-23-19(21)22/h2,4-5,8,11-13,17,20H,3,6-7,9-10H2,1H3/t13-,17+/m1/s1. The number of aryl methyl sites for hydroxylation is 1. The Hall–Kier alpha value is -1.85. The number of ether oxygens (including phenoxy) is 1. The van der Waals surface area contributed by atoms with Gasteiger partial charge in [0.2, 0.25) is 0 Å². The number of hydrogen-bond acceptors (Lipinski definition) is 4. The number of nitrogens with zero attached hydrogens (tertiary/aromatic N) is 1. The topological polar surface area (TPSA) is 41.6 Å². The van der Waals surface area contributed by atoms with Crippen LogP contribution in [0.4, 0.5) is 10.5 Å². The van der Waals surface area contributed by atoms with Gasteiger partial charge in [-0.05, 0) is 60.9 Å². The van der Waals surface area contributed by atoms with Gasteiger partial charge in [-0.15, -0.1) is 11.3 Å². The van der Waals surface area contributed by atoms with Gasteiger partial charge in [0.25, 0.3) is 0 Å². The van der Waals surface area contributed by atoms with Crippen molar-refractivity contribution in [3.63, 3.8) is 0 Å². The summed E-state index contributed by atoms with van der Waals surface area (Å²) in [5.74, 6) is 0. The molecule has 24 heavy (non-hydrogen) atoms. The molecule has 1 fully saturated rings. The van der Waals surface area contributed by atoms with Crippen LogP contribution in [0.2, 0.25) is 0 Å². The number of thiophene rings is 1. The molecule has 1 N–H and O–H groups in total. The van der Waals surface area contributed by atoms with E-state index in [9.17, 15) is 4.79 Å². The first kappa shape index (κ1) is 15.7. The third-order valence-corrected chi connectivity index (χ3v) is 5.94. The van der Waals surface area contributed by atoms with Gasteiger partial charge in [-0.3, -0.25) is 4.90 Å². The van der Waals surface area contributed by atoms with E-state index >= 15 is 0 Å². The SMILES string of the molecule is C[C@@H](N[C@H]1CCCc2sccc21)c1cccc(N2CCOC2=O)c1. The number of fused-ring (bicyclic) bond motifs is 1. The number of hydrogen-bond donors (Lipinski definition) is 1. The maximum Gasteiger partial charge on any atom is 0.414 e. The number of carbonyl (C=O) groups excluding carboxylic acids is 1. The molecule has 2 heterocycles. The summed E-state index contributed by atoms with van der Waals surface area (Å²) in [6.07, 6.45) is 3.40. The number of benzene rings is 1. The van der Waals surface area contributed by atoms with Crippen LogP contribution in [-0.2, 0) is 11.2 Å². The average molecular weight is 342 g/mol. The van der Waals surface area contributed by atoms with Crippen LogP contribution in [0.25, 0.3) is 0 Å². The van der Waals surface area contributed by atoms with E-state index in [1.807, 2.05) is 23.5 Å². The molecule has 1 aromatic heterocycles. The Morgan fingerprint density at radius 3 is 3.12 bits per heavy atom. The fourth-order valence-electron chi connectivity index (χ4n) is 3.65. The predicted molar refractivity (Wildman–Crippen MR) is 96.7 cm³/mol. The first-order valence-corrected chi connectivity index (χ1v) is 9.47. The van der Waals surface area contributed by atoms with Crippen LogP contribution in [0.3, 0.4) is 0 Å². The molecule has 1 saturated heterocycles. The zero-order valence-corrected chi connectivity index (χ0v) is 14.6. The van der Waals surface area contributed by atoms with E-state index in [1.54, 1.807) is 4.90 Å². The second-order valence-electron chi connectivity index (χ2n) is 6.49. The van der Waals surface area contributed by atoms with E-state index in [4.69, 9.17) is 4.74 Å². The molecule has 1 aromatic carbocycles. The molecular weight excluding hydrogens is 320 g/mol. The summed E-state index contributed by atoms with van der Waals surface area (Å²) < 4.78 is 5.04. The highest BCUT2D eigenvalue weighted by molar-refractivity contribution is 7.10. The molecule has 0 spiro atoms. The molecular formula is C19H22N2O2S. The highest BCUT2D eigenvalue weighted by atomic mass is 32.1. The largest absolute Gasteiger partial charge is 0.447 e. The Morgan fingerprint density at radius 2 is 2.29 bits per heavy atom. The number of amides is 1. The lowest BCUT2D eigenvalue weighted by Gasteiger charge is -2.28. The van der Waals surface area contributed by atoms with Crippen molar-refractivity contribution in [2.75, 3.05) is 18.1 Å². The first-order valence-electron chi connectivity index (χ1n) is 8.59. The molecule has 2 atom stereocenters. The van der Waals surface area contributed by atoms with E-state index in [0.717, 1.165) is 5.69 Å². The Kier molecular flexibility index (Phi) is 4.29. The van der Waals surface area contributed by atoms with Crippen LogP contribution in [0.1, 0.15) is 47.9 Å². The van der Waals surface area contributed by atoms with Crippen molar-refractivity contribution >= 4 is 23.1 Å². The summed E-state index contributed by atoms with van der Waals surface area (Å²) >= 11 is 1.87. The summed E-state index contributed by atoms with van der Waals surface area (Å²) in [4.78, 5) is 15.0. The maximum absolute atomic E-state index is 11.8. The van der Waals surface area contributed by atoms with E-state index in [-0.39, 0.29) is 12.1 Å². The molecule has 2 aliphatic rings. The van der Waals surface area contributed by atoms with Gasteiger partial charge in [0, 0.05) is 22.6 Å². The zero-order chi connectivity index (χ0) is 16.5. The van der Waals surface area contributed by atoms with Gasteiger partial charge >= 0.3 is 6.09 Å². The van der Waals surface area contributed by atoms with Crippen LogP contribution in [0, 0.1) is 0 Å². The van der Waals surface area contributed by atoms with Gasteiger partial charge < -0.3 is 10.1 Å². The molecule has 0 bridgehead atoms. The van der Waals surface area contributed by atoms with Crippen LogP contribution in [0.15, 0.2) is 35.7 Å². The van der Waals surface area contributed by atoms with E-state index in [2.05, 4.69) is 35.8 Å². The molecule has 126 valence electrons. The predicted octanol–water partition coefficient (Wildman–Crippen LogP) is 4.43. The number of cyclic esters (lactones) is 1. The highest BCUT2D eigenvalue weighted by Crippen LogP contribution is 2.35. The Balaban J connectivity index is 1.51. The molecule has 1 amide bonds. The van der Waals surface area contributed by atoms with Crippen molar-refractivity contribution < 1.29 is 9.53 Å². The van der Waals surface area contributed by atoms with Crippen molar-refractivity contribution in [2.45, 2.75) is 38.3 Å². The fourth-order valence-corrected chi connectivity index (χ4v) is 4.64. The molecule has 4 nitrogen and oxygen atoms in total.